The van der Waals surface area contributed by atoms with Gasteiger partial charge in [-0.2, -0.15) is 0 Å². The summed E-state index contributed by atoms with van der Waals surface area (Å²) in [6, 6.07) is 0.517. The van der Waals surface area contributed by atoms with E-state index in [9.17, 15) is 0 Å². The second-order valence-electron chi connectivity index (χ2n) is 4.26. The summed E-state index contributed by atoms with van der Waals surface area (Å²) in [5.74, 6) is 3.00. The molecule has 64 valence electrons. The molecule has 0 radical (unpaired) electrons. The molecule has 2 aliphatic rings. The highest BCUT2D eigenvalue weighted by molar-refractivity contribution is 5.03. The summed E-state index contributed by atoms with van der Waals surface area (Å²) < 4.78 is 0. The first kappa shape index (κ1) is 7.60. The topological polar surface area (TPSA) is 26.0 Å². The van der Waals surface area contributed by atoms with Gasteiger partial charge in [-0.25, -0.2) is 0 Å². The van der Waals surface area contributed by atoms with Gasteiger partial charge in [0.05, 0.1) is 0 Å². The van der Waals surface area contributed by atoms with Crippen LogP contribution in [0.15, 0.2) is 0 Å². The first-order valence-electron chi connectivity index (χ1n) is 5.10. The third kappa shape index (κ3) is 1.20. The fourth-order valence-corrected chi connectivity index (χ4v) is 2.95. The van der Waals surface area contributed by atoms with Crippen molar-refractivity contribution in [3.8, 4) is 0 Å². The molecule has 0 heterocycles. The van der Waals surface area contributed by atoms with Gasteiger partial charge in [-0.15, -0.1) is 0 Å². The minimum Gasteiger partial charge on any atom is -0.327 e. The van der Waals surface area contributed by atoms with Gasteiger partial charge in [-0.05, 0) is 37.0 Å². The highest BCUT2D eigenvalue weighted by Gasteiger charge is 2.52. The van der Waals surface area contributed by atoms with Crippen LogP contribution < -0.4 is 5.73 Å². The van der Waals surface area contributed by atoms with Gasteiger partial charge in [0.25, 0.3) is 0 Å². The zero-order valence-electron chi connectivity index (χ0n) is 7.42. The fourth-order valence-electron chi connectivity index (χ4n) is 2.95. The average Bonchev–Trinajstić information content (AvgIpc) is 2.77. The average molecular weight is 153 g/mol. The molecular formula is C10H19N. The van der Waals surface area contributed by atoms with Crippen molar-refractivity contribution in [2.75, 3.05) is 0 Å². The van der Waals surface area contributed by atoms with Gasteiger partial charge < -0.3 is 5.73 Å². The van der Waals surface area contributed by atoms with Gasteiger partial charge >= 0.3 is 0 Å². The lowest BCUT2D eigenvalue weighted by Crippen LogP contribution is -2.22. The maximum absolute atomic E-state index is 6.04. The molecule has 2 aliphatic carbocycles. The van der Waals surface area contributed by atoms with Crippen molar-refractivity contribution in [3.05, 3.63) is 0 Å². The SMILES string of the molecule is CCC(N)C1C2CCCCC21. The Kier molecular flexibility index (Phi) is 1.92. The smallest absolute Gasteiger partial charge is 0.00700 e. The van der Waals surface area contributed by atoms with E-state index in [1.54, 1.807) is 0 Å². The molecular weight excluding hydrogens is 134 g/mol. The van der Waals surface area contributed by atoms with E-state index in [-0.39, 0.29) is 0 Å². The molecule has 2 N–H and O–H groups in total. The molecule has 0 aromatic carbocycles. The summed E-state index contributed by atoms with van der Waals surface area (Å²) in [6.07, 6.45) is 7.06. The molecule has 0 spiro atoms. The fraction of sp³-hybridized carbons (Fsp3) is 1.00. The molecule has 0 amide bonds. The van der Waals surface area contributed by atoms with Crippen molar-refractivity contribution in [2.45, 2.75) is 45.1 Å². The third-order valence-electron chi connectivity index (χ3n) is 3.69. The summed E-state index contributed by atoms with van der Waals surface area (Å²) in [6.45, 7) is 2.22. The van der Waals surface area contributed by atoms with Crippen LogP contribution in [0.1, 0.15) is 39.0 Å². The number of hydrogen-bond donors (Lipinski definition) is 1. The van der Waals surface area contributed by atoms with E-state index in [1.165, 1.54) is 32.1 Å². The Morgan fingerprint density at radius 3 is 2.27 bits per heavy atom. The second kappa shape index (κ2) is 2.78. The minimum absolute atomic E-state index is 0.517. The predicted molar refractivity (Wildman–Crippen MR) is 47.2 cm³/mol. The lowest BCUT2D eigenvalue weighted by Gasteiger charge is -2.06. The van der Waals surface area contributed by atoms with Gasteiger partial charge in [-0.3, -0.25) is 0 Å². The molecule has 0 saturated heterocycles. The maximum atomic E-state index is 6.04. The largest absolute Gasteiger partial charge is 0.327 e. The molecule has 2 rings (SSSR count). The molecule has 1 nitrogen and oxygen atoms in total. The Balaban J connectivity index is 1.89. The van der Waals surface area contributed by atoms with E-state index in [2.05, 4.69) is 6.92 Å². The van der Waals surface area contributed by atoms with Crippen LogP contribution in [0.2, 0.25) is 0 Å². The van der Waals surface area contributed by atoms with Gasteiger partial charge in [0.1, 0.15) is 0 Å². The first-order valence-corrected chi connectivity index (χ1v) is 5.10. The normalized spacial score (nSPS) is 44.7. The van der Waals surface area contributed by atoms with Gasteiger partial charge in [0, 0.05) is 6.04 Å². The maximum Gasteiger partial charge on any atom is 0.00700 e. The third-order valence-corrected chi connectivity index (χ3v) is 3.69. The quantitative estimate of drug-likeness (QED) is 0.646. The second-order valence-corrected chi connectivity index (χ2v) is 4.26. The van der Waals surface area contributed by atoms with E-state index >= 15 is 0 Å². The number of fused-ring (bicyclic) bond motifs is 1. The molecule has 2 fully saturated rings. The van der Waals surface area contributed by atoms with Crippen molar-refractivity contribution in [1.82, 2.24) is 0 Å². The number of hydrogen-bond acceptors (Lipinski definition) is 1. The Hall–Kier alpha value is -0.0400. The zero-order chi connectivity index (χ0) is 7.84. The lowest BCUT2D eigenvalue weighted by molar-refractivity contribution is 0.480. The standard InChI is InChI=1S/C10H19N/c1-2-9(11)10-7-5-3-4-6-8(7)10/h7-10H,2-6,11H2,1H3. The Morgan fingerprint density at radius 2 is 1.82 bits per heavy atom. The van der Waals surface area contributed by atoms with Crippen LogP contribution in [0.3, 0.4) is 0 Å². The molecule has 11 heavy (non-hydrogen) atoms. The van der Waals surface area contributed by atoms with Crippen LogP contribution >= 0.6 is 0 Å². The molecule has 0 aromatic heterocycles. The predicted octanol–water partition coefficient (Wildman–Crippen LogP) is 2.16. The molecule has 3 unspecified atom stereocenters. The minimum atomic E-state index is 0.517. The van der Waals surface area contributed by atoms with Crippen LogP contribution in [-0.4, -0.2) is 6.04 Å². The van der Waals surface area contributed by atoms with Crippen LogP contribution in [0.4, 0.5) is 0 Å². The summed E-state index contributed by atoms with van der Waals surface area (Å²) in [5.41, 5.74) is 6.04. The molecule has 0 aliphatic heterocycles. The highest BCUT2D eigenvalue weighted by atomic mass is 14.7. The van der Waals surface area contributed by atoms with Crippen LogP contribution in [0.25, 0.3) is 0 Å². The van der Waals surface area contributed by atoms with E-state index in [0.717, 1.165) is 17.8 Å². The van der Waals surface area contributed by atoms with Gasteiger partial charge in [-0.1, -0.05) is 19.8 Å². The first-order chi connectivity index (χ1) is 5.34. The van der Waals surface area contributed by atoms with Crippen LogP contribution in [0, 0.1) is 17.8 Å². The highest BCUT2D eigenvalue weighted by Crippen LogP contribution is 2.56. The molecule has 3 atom stereocenters. The monoisotopic (exact) mass is 153 g/mol. The molecule has 0 bridgehead atoms. The zero-order valence-corrected chi connectivity index (χ0v) is 7.42. The van der Waals surface area contributed by atoms with Crippen LogP contribution in [0.5, 0.6) is 0 Å². The Labute approximate surface area is 69.4 Å². The van der Waals surface area contributed by atoms with Crippen molar-refractivity contribution in [1.29, 1.82) is 0 Å². The molecule has 1 heteroatoms. The summed E-state index contributed by atoms with van der Waals surface area (Å²) >= 11 is 0. The Bertz CT molecular complexity index is 132. The van der Waals surface area contributed by atoms with E-state index < -0.39 is 0 Å². The summed E-state index contributed by atoms with van der Waals surface area (Å²) in [4.78, 5) is 0. The van der Waals surface area contributed by atoms with E-state index in [0.29, 0.717) is 6.04 Å². The van der Waals surface area contributed by atoms with E-state index in [1.807, 2.05) is 0 Å². The van der Waals surface area contributed by atoms with Crippen molar-refractivity contribution >= 4 is 0 Å². The van der Waals surface area contributed by atoms with Crippen LogP contribution in [-0.2, 0) is 0 Å². The Morgan fingerprint density at radius 1 is 1.27 bits per heavy atom. The molecule has 0 aromatic rings. The van der Waals surface area contributed by atoms with Gasteiger partial charge in [0.2, 0.25) is 0 Å². The van der Waals surface area contributed by atoms with Crippen molar-refractivity contribution in [3.63, 3.8) is 0 Å². The van der Waals surface area contributed by atoms with Crippen molar-refractivity contribution < 1.29 is 0 Å². The summed E-state index contributed by atoms with van der Waals surface area (Å²) in [7, 11) is 0. The summed E-state index contributed by atoms with van der Waals surface area (Å²) in [5, 5.41) is 0. The molecule has 2 saturated carbocycles. The van der Waals surface area contributed by atoms with Crippen molar-refractivity contribution in [2.24, 2.45) is 23.5 Å². The number of rotatable bonds is 2. The lowest BCUT2D eigenvalue weighted by atomic mass is 10.0. The number of nitrogens with two attached hydrogens (primary N) is 1. The van der Waals surface area contributed by atoms with E-state index in [4.69, 9.17) is 5.73 Å². The van der Waals surface area contributed by atoms with Gasteiger partial charge in [0.15, 0.2) is 0 Å².